The Bertz CT molecular complexity index is 661. The van der Waals surface area contributed by atoms with E-state index >= 15 is 0 Å². The summed E-state index contributed by atoms with van der Waals surface area (Å²) < 4.78 is 5.31. The average Bonchev–Trinajstić information content (AvgIpc) is 2.59. The number of hydrogen-bond donors (Lipinski definition) is 0. The highest BCUT2D eigenvalue weighted by molar-refractivity contribution is 5.72. The van der Waals surface area contributed by atoms with E-state index < -0.39 is 0 Å². The maximum atomic E-state index is 11.7. The zero-order chi connectivity index (χ0) is 17.2. The normalized spacial score (nSPS) is 10.9. The highest BCUT2D eigenvalue weighted by atomic mass is 16.5. The molecule has 4 heteroatoms. The Morgan fingerprint density at radius 3 is 2.04 bits per heavy atom. The molecule has 2 aromatic carbocycles. The van der Waals surface area contributed by atoms with Crippen molar-refractivity contribution in [3.8, 4) is 5.75 Å². The first-order valence-corrected chi connectivity index (χ1v) is 8.46. The van der Waals surface area contributed by atoms with E-state index in [1.165, 1.54) is 5.56 Å². The van der Waals surface area contributed by atoms with Crippen molar-refractivity contribution in [2.24, 2.45) is 10.2 Å². The topological polar surface area (TPSA) is 51.0 Å². The maximum Gasteiger partial charge on any atom is 0.311 e. The minimum absolute atomic E-state index is 0.180. The number of carbonyl (C=O) groups is 1. The number of rotatable bonds is 8. The van der Waals surface area contributed by atoms with Crippen LogP contribution in [0.1, 0.15) is 44.6 Å². The van der Waals surface area contributed by atoms with Crippen molar-refractivity contribution in [3.63, 3.8) is 0 Å². The molecule has 0 aliphatic carbocycles. The van der Waals surface area contributed by atoms with E-state index in [1.54, 1.807) is 24.3 Å². The lowest BCUT2D eigenvalue weighted by Crippen LogP contribution is -2.07. The molecule has 0 radical (unpaired) electrons. The summed E-state index contributed by atoms with van der Waals surface area (Å²) in [7, 11) is 0. The molecule has 0 aromatic heterocycles. The van der Waals surface area contributed by atoms with E-state index in [0.29, 0.717) is 12.2 Å². The third-order valence-electron chi connectivity index (χ3n) is 3.62. The predicted molar refractivity (Wildman–Crippen MR) is 96.2 cm³/mol. The van der Waals surface area contributed by atoms with Gasteiger partial charge in [0, 0.05) is 6.42 Å². The largest absolute Gasteiger partial charge is 0.427 e. The molecule has 0 unspecified atom stereocenters. The summed E-state index contributed by atoms with van der Waals surface area (Å²) in [5.74, 6) is 0.366. The van der Waals surface area contributed by atoms with Crippen LogP contribution >= 0.6 is 0 Å². The zero-order valence-corrected chi connectivity index (χ0v) is 14.4. The molecule has 0 aliphatic heterocycles. The van der Waals surface area contributed by atoms with E-state index in [0.717, 1.165) is 37.1 Å². The van der Waals surface area contributed by atoms with Gasteiger partial charge >= 0.3 is 5.97 Å². The van der Waals surface area contributed by atoms with Gasteiger partial charge in [-0.15, -0.1) is 0 Å². The Morgan fingerprint density at radius 2 is 1.46 bits per heavy atom. The van der Waals surface area contributed by atoms with Gasteiger partial charge in [0.2, 0.25) is 0 Å². The second kappa shape index (κ2) is 9.60. The molecule has 0 bridgehead atoms. The SMILES string of the molecule is CCCCCCC(=O)Oc1ccc(N=Nc2ccc(C)cc2)cc1. The Morgan fingerprint density at radius 1 is 0.875 bits per heavy atom. The lowest BCUT2D eigenvalue weighted by molar-refractivity contribution is -0.134. The fourth-order valence-corrected chi connectivity index (χ4v) is 2.19. The first-order chi connectivity index (χ1) is 11.7. The molecule has 0 aliphatic rings. The molecule has 0 heterocycles. The van der Waals surface area contributed by atoms with Gasteiger partial charge in [0.25, 0.3) is 0 Å². The van der Waals surface area contributed by atoms with E-state index in [4.69, 9.17) is 4.74 Å². The second-order valence-electron chi connectivity index (χ2n) is 5.81. The van der Waals surface area contributed by atoms with E-state index in [9.17, 15) is 4.79 Å². The van der Waals surface area contributed by atoms with Crippen molar-refractivity contribution >= 4 is 17.3 Å². The van der Waals surface area contributed by atoms with Crippen LogP contribution in [0.25, 0.3) is 0 Å². The van der Waals surface area contributed by atoms with Gasteiger partial charge in [-0.1, -0.05) is 43.9 Å². The molecule has 126 valence electrons. The fraction of sp³-hybridized carbons (Fsp3) is 0.350. The Balaban J connectivity index is 1.84. The predicted octanol–water partition coefficient (Wildman–Crippen LogP) is 6.29. The smallest absolute Gasteiger partial charge is 0.311 e. The lowest BCUT2D eigenvalue weighted by Gasteiger charge is -2.04. The molecule has 2 aromatic rings. The van der Waals surface area contributed by atoms with Crippen LogP contribution in [0.4, 0.5) is 11.4 Å². The molecule has 0 spiro atoms. The molecular weight excluding hydrogens is 300 g/mol. The molecule has 0 N–H and O–H groups in total. The van der Waals surface area contributed by atoms with Crippen LogP contribution in [0.15, 0.2) is 58.8 Å². The number of aryl methyl sites for hydroxylation is 1. The minimum Gasteiger partial charge on any atom is -0.427 e. The number of nitrogens with zero attached hydrogens (tertiary/aromatic N) is 2. The van der Waals surface area contributed by atoms with Crippen molar-refractivity contribution < 1.29 is 9.53 Å². The van der Waals surface area contributed by atoms with Crippen molar-refractivity contribution in [1.29, 1.82) is 0 Å². The van der Waals surface area contributed by atoms with Crippen molar-refractivity contribution in [2.45, 2.75) is 46.0 Å². The Kier molecular flexibility index (Phi) is 7.15. The standard InChI is InChI=1S/C20H24N2O2/c1-3-4-5-6-7-20(23)24-19-14-12-18(13-15-19)22-21-17-10-8-16(2)9-11-17/h8-15H,3-7H2,1-2H3. The van der Waals surface area contributed by atoms with Crippen LogP contribution in [0.2, 0.25) is 0 Å². The van der Waals surface area contributed by atoms with E-state index in [-0.39, 0.29) is 5.97 Å². The fourth-order valence-electron chi connectivity index (χ4n) is 2.19. The number of benzene rings is 2. The molecule has 0 saturated heterocycles. The molecule has 2 rings (SSSR count). The van der Waals surface area contributed by atoms with Gasteiger partial charge in [0.05, 0.1) is 11.4 Å². The molecule has 4 nitrogen and oxygen atoms in total. The summed E-state index contributed by atoms with van der Waals surface area (Å²) in [6, 6.07) is 14.9. The van der Waals surface area contributed by atoms with Crippen LogP contribution in [-0.2, 0) is 4.79 Å². The summed E-state index contributed by atoms with van der Waals surface area (Å²) in [5, 5.41) is 8.36. The maximum absolute atomic E-state index is 11.7. The van der Waals surface area contributed by atoms with Gasteiger partial charge in [-0.3, -0.25) is 4.79 Å². The van der Waals surface area contributed by atoms with Gasteiger partial charge in [-0.05, 0) is 49.7 Å². The minimum atomic E-state index is -0.180. The molecule has 0 fully saturated rings. The highest BCUT2D eigenvalue weighted by Gasteiger charge is 2.04. The highest BCUT2D eigenvalue weighted by Crippen LogP contribution is 2.22. The molecule has 24 heavy (non-hydrogen) atoms. The number of carbonyl (C=O) groups excluding carboxylic acids is 1. The summed E-state index contributed by atoms with van der Waals surface area (Å²) in [6.45, 7) is 4.18. The first-order valence-electron chi connectivity index (χ1n) is 8.46. The molecular formula is C20H24N2O2. The Hall–Kier alpha value is -2.49. The number of unbranched alkanes of at least 4 members (excludes halogenated alkanes) is 3. The van der Waals surface area contributed by atoms with Crippen LogP contribution in [-0.4, -0.2) is 5.97 Å². The number of azo groups is 1. The van der Waals surface area contributed by atoms with Gasteiger partial charge < -0.3 is 4.74 Å². The van der Waals surface area contributed by atoms with Gasteiger partial charge in [0.1, 0.15) is 5.75 Å². The number of esters is 1. The van der Waals surface area contributed by atoms with Crippen molar-refractivity contribution in [1.82, 2.24) is 0 Å². The monoisotopic (exact) mass is 324 g/mol. The van der Waals surface area contributed by atoms with Gasteiger partial charge in [-0.25, -0.2) is 0 Å². The quantitative estimate of drug-likeness (QED) is 0.248. The zero-order valence-electron chi connectivity index (χ0n) is 14.4. The summed E-state index contributed by atoms with van der Waals surface area (Å²) in [4.78, 5) is 11.7. The molecule has 0 amide bonds. The number of hydrogen-bond acceptors (Lipinski definition) is 4. The van der Waals surface area contributed by atoms with E-state index in [2.05, 4.69) is 17.2 Å². The van der Waals surface area contributed by atoms with Crippen molar-refractivity contribution in [3.05, 3.63) is 54.1 Å². The third-order valence-corrected chi connectivity index (χ3v) is 3.62. The Labute approximate surface area is 143 Å². The van der Waals surface area contributed by atoms with Gasteiger partial charge in [0.15, 0.2) is 0 Å². The lowest BCUT2D eigenvalue weighted by atomic mass is 10.1. The summed E-state index contributed by atoms with van der Waals surface area (Å²) >= 11 is 0. The molecule has 0 atom stereocenters. The molecule has 0 saturated carbocycles. The second-order valence-corrected chi connectivity index (χ2v) is 5.81. The summed E-state index contributed by atoms with van der Waals surface area (Å²) in [5.41, 5.74) is 2.72. The average molecular weight is 324 g/mol. The third kappa shape index (κ3) is 6.32. The summed E-state index contributed by atoms with van der Waals surface area (Å²) in [6.07, 6.45) is 4.75. The first kappa shape index (κ1) is 17.9. The van der Waals surface area contributed by atoms with Crippen molar-refractivity contribution in [2.75, 3.05) is 0 Å². The van der Waals surface area contributed by atoms with Crippen LogP contribution in [0.3, 0.4) is 0 Å². The van der Waals surface area contributed by atoms with Gasteiger partial charge in [-0.2, -0.15) is 10.2 Å². The van der Waals surface area contributed by atoms with Crippen LogP contribution < -0.4 is 4.74 Å². The van der Waals surface area contributed by atoms with Crippen LogP contribution in [0.5, 0.6) is 5.75 Å². The number of ether oxygens (including phenoxy) is 1. The van der Waals surface area contributed by atoms with Crippen LogP contribution in [0, 0.1) is 6.92 Å². The van der Waals surface area contributed by atoms with E-state index in [1.807, 2.05) is 31.2 Å².